The number of carboxylic acid groups (broad SMARTS) is 1. The summed E-state index contributed by atoms with van der Waals surface area (Å²) in [5.74, 6) is -1.06. The molecule has 1 unspecified atom stereocenters. The van der Waals surface area contributed by atoms with Crippen LogP contribution in [-0.4, -0.2) is 44.3 Å². The fourth-order valence-corrected chi connectivity index (χ4v) is 1.68. The normalized spacial score (nSPS) is 11.8. The monoisotopic (exact) mass is 274 g/mol. The maximum Gasteiger partial charge on any atom is 0.354 e. The Labute approximate surface area is 115 Å². The fraction of sp³-hybridized carbons (Fsp3) is 0.231. The number of rotatable bonds is 6. The first-order valence-corrected chi connectivity index (χ1v) is 6.01. The van der Waals surface area contributed by atoms with Crippen molar-refractivity contribution in [3.05, 3.63) is 48.0 Å². The number of hydrogen-bond donors (Lipinski definition) is 3. The SMILES string of the molecule is O=C(O)c1ccnc(NCC(CO)c2cccnc2)n1. The number of aromatic nitrogens is 3. The van der Waals surface area contributed by atoms with Crippen LogP contribution in [0.1, 0.15) is 22.0 Å². The average Bonchev–Trinajstić information content (AvgIpc) is 2.49. The number of aliphatic hydroxyl groups is 1. The molecule has 7 heteroatoms. The molecule has 1 atom stereocenters. The summed E-state index contributed by atoms with van der Waals surface area (Å²) >= 11 is 0. The lowest BCUT2D eigenvalue weighted by molar-refractivity contribution is 0.0690. The molecular weight excluding hydrogens is 260 g/mol. The minimum Gasteiger partial charge on any atom is -0.477 e. The molecular formula is C13H14N4O3. The highest BCUT2D eigenvalue weighted by Crippen LogP contribution is 2.14. The number of aromatic carboxylic acids is 1. The zero-order valence-electron chi connectivity index (χ0n) is 10.6. The van der Waals surface area contributed by atoms with Crippen LogP contribution in [0.15, 0.2) is 36.8 Å². The standard InChI is InChI=1S/C13H14N4O3/c18-8-10(9-2-1-4-14-6-9)7-16-13-15-5-3-11(17-13)12(19)20/h1-6,10,18H,7-8H2,(H,19,20)(H,15,16,17). The molecule has 3 N–H and O–H groups in total. The van der Waals surface area contributed by atoms with E-state index >= 15 is 0 Å². The minimum absolute atomic E-state index is 0.0582. The third-order valence-corrected chi connectivity index (χ3v) is 2.76. The second-order valence-corrected chi connectivity index (χ2v) is 4.12. The number of anilines is 1. The zero-order chi connectivity index (χ0) is 14.4. The number of pyridine rings is 1. The topological polar surface area (TPSA) is 108 Å². The van der Waals surface area contributed by atoms with E-state index in [4.69, 9.17) is 5.11 Å². The van der Waals surface area contributed by atoms with Gasteiger partial charge in [-0.25, -0.2) is 14.8 Å². The van der Waals surface area contributed by atoms with E-state index in [1.54, 1.807) is 18.5 Å². The van der Waals surface area contributed by atoms with E-state index in [1.165, 1.54) is 12.3 Å². The number of carbonyl (C=O) groups is 1. The summed E-state index contributed by atoms with van der Waals surface area (Å²) in [5, 5.41) is 21.2. The molecule has 0 spiro atoms. The van der Waals surface area contributed by atoms with Crippen molar-refractivity contribution in [1.82, 2.24) is 15.0 Å². The van der Waals surface area contributed by atoms with E-state index in [1.807, 2.05) is 6.07 Å². The lowest BCUT2D eigenvalue weighted by Gasteiger charge is -2.14. The van der Waals surface area contributed by atoms with Gasteiger partial charge in [-0.3, -0.25) is 4.98 Å². The number of hydrogen-bond acceptors (Lipinski definition) is 6. The Morgan fingerprint density at radius 2 is 2.20 bits per heavy atom. The van der Waals surface area contributed by atoms with Gasteiger partial charge in [0.15, 0.2) is 5.69 Å². The van der Waals surface area contributed by atoms with Crippen LogP contribution < -0.4 is 5.32 Å². The van der Waals surface area contributed by atoms with Crippen LogP contribution in [0.2, 0.25) is 0 Å². The first kappa shape index (κ1) is 13.9. The molecule has 0 radical (unpaired) electrons. The van der Waals surface area contributed by atoms with Crippen molar-refractivity contribution in [2.24, 2.45) is 0 Å². The van der Waals surface area contributed by atoms with Crippen LogP contribution in [-0.2, 0) is 0 Å². The Morgan fingerprint density at radius 3 is 2.85 bits per heavy atom. The zero-order valence-corrected chi connectivity index (χ0v) is 10.6. The van der Waals surface area contributed by atoms with Gasteiger partial charge >= 0.3 is 5.97 Å². The van der Waals surface area contributed by atoms with Crippen LogP contribution in [0.3, 0.4) is 0 Å². The average molecular weight is 274 g/mol. The van der Waals surface area contributed by atoms with E-state index in [9.17, 15) is 9.90 Å². The molecule has 2 rings (SSSR count). The molecule has 0 aromatic carbocycles. The van der Waals surface area contributed by atoms with E-state index < -0.39 is 5.97 Å². The van der Waals surface area contributed by atoms with Crippen molar-refractivity contribution >= 4 is 11.9 Å². The molecule has 0 bridgehead atoms. The molecule has 0 aliphatic carbocycles. The smallest absolute Gasteiger partial charge is 0.354 e. The van der Waals surface area contributed by atoms with Gasteiger partial charge in [-0.05, 0) is 17.7 Å². The highest BCUT2D eigenvalue weighted by atomic mass is 16.4. The van der Waals surface area contributed by atoms with E-state index in [0.717, 1.165) is 5.56 Å². The molecule has 104 valence electrons. The van der Waals surface area contributed by atoms with Crippen molar-refractivity contribution in [3.8, 4) is 0 Å². The van der Waals surface area contributed by atoms with Crippen LogP contribution in [0.25, 0.3) is 0 Å². The van der Waals surface area contributed by atoms with Gasteiger partial charge < -0.3 is 15.5 Å². The van der Waals surface area contributed by atoms with Crippen LogP contribution >= 0.6 is 0 Å². The summed E-state index contributed by atoms with van der Waals surface area (Å²) in [6.45, 7) is 0.322. The van der Waals surface area contributed by atoms with Gasteiger partial charge in [0.05, 0.1) is 6.61 Å². The van der Waals surface area contributed by atoms with Crippen LogP contribution in [0.5, 0.6) is 0 Å². The Balaban J connectivity index is 2.03. The highest BCUT2D eigenvalue weighted by Gasteiger charge is 2.12. The van der Waals surface area contributed by atoms with Crippen molar-refractivity contribution in [2.75, 3.05) is 18.5 Å². The molecule has 2 aromatic rings. The first-order valence-electron chi connectivity index (χ1n) is 6.01. The van der Waals surface area contributed by atoms with Crippen molar-refractivity contribution in [3.63, 3.8) is 0 Å². The predicted octanol–water partition coefficient (Wildman–Crippen LogP) is 0.758. The second kappa shape index (κ2) is 6.58. The van der Waals surface area contributed by atoms with Gasteiger partial charge in [0.1, 0.15) is 0 Å². The van der Waals surface area contributed by atoms with Crippen LogP contribution in [0.4, 0.5) is 5.95 Å². The maximum atomic E-state index is 10.8. The maximum absolute atomic E-state index is 10.8. The van der Waals surface area contributed by atoms with Crippen molar-refractivity contribution < 1.29 is 15.0 Å². The third-order valence-electron chi connectivity index (χ3n) is 2.76. The number of aliphatic hydroxyl groups excluding tert-OH is 1. The summed E-state index contributed by atoms with van der Waals surface area (Å²) in [5.41, 5.74) is 0.807. The summed E-state index contributed by atoms with van der Waals surface area (Å²) < 4.78 is 0. The largest absolute Gasteiger partial charge is 0.477 e. The minimum atomic E-state index is -1.11. The second-order valence-electron chi connectivity index (χ2n) is 4.12. The molecule has 2 heterocycles. The Hall–Kier alpha value is -2.54. The Morgan fingerprint density at radius 1 is 1.35 bits per heavy atom. The predicted molar refractivity (Wildman–Crippen MR) is 71.5 cm³/mol. The van der Waals surface area contributed by atoms with E-state index in [2.05, 4.69) is 20.3 Å². The summed E-state index contributed by atoms with van der Waals surface area (Å²) in [6.07, 6.45) is 4.71. The lowest BCUT2D eigenvalue weighted by atomic mass is 10.0. The summed E-state index contributed by atoms with van der Waals surface area (Å²) in [7, 11) is 0. The van der Waals surface area contributed by atoms with Gasteiger partial charge in [-0.2, -0.15) is 0 Å². The van der Waals surface area contributed by atoms with Crippen LogP contribution in [0, 0.1) is 0 Å². The lowest BCUT2D eigenvalue weighted by Crippen LogP contribution is -2.18. The fourth-order valence-electron chi connectivity index (χ4n) is 1.68. The quantitative estimate of drug-likeness (QED) is 0.713. The summed E-state index contributed by atoms with van der Waals surface area (Å²) in [4.78, 5) is 22.6. The molecule has 0 amide bonds. The van der Waals surface area contributed by atoms with Crippen molar-refractivity contribution in [2.45, 2.75) is 5.92 Å². The van der Waals surface area contributed by atoms with E-state index in [0.29, 0.717) is 6.54 Å². The summed E-state index contributed by atoms with van der Waals surface area (Å²) in [6, 6.07) is 4.97. The van der Waals surface area contributed by atoms with E-state index in [-0.39, 0.29) is 24.2 Å². The van der Waals surface area contributed by atoms with Gasteiger partial charge in [-0.15, -0.1) is 0 Å². The Kier molecular flexibility index (Phi) is 4.56. The molecule has 0 aliphatic rings. The van der Waals surface area contributed by atoms with Gasteiger partial charge in [-0.1, -0.05) is 6.07 Å². The van der Waals surface area contributed by atoms with Gasteiger partial charge in [0.2, 0.25) is 5.95 Å². The molecule has 0 saturated heterocycles. The number of carboxylic acids is 1. The number of nitrogens with one attached hydrogen (secondary N) is 1. The third kappa shape index (κ3) is 3.48. The number of nitrogens with zero attached hydrogens (tertiary/aromatic N) is 3. The first-order chi connectivity index (χ1) is 9.70. The van der Waals surface area contributed by atoms with Crippen molar-refractivity contribution in [1.29, 1.82) is 0 Å². The van der Waals surface area contributed by atoms with Gasteiger partial charge in [0.25, 0.3) is 0 Å². The molecule has 7 nitrogen and oxygen atoms in total. The molecule has 0 saturated carbocycles. The molecule has 20 heavy (non-hydrogen) atoms. The highest BCUT2D eigenvalue weighted by molar-refractivity contribution is 5.85. The Bertz CT molecular complexity index is 577. The molecule has 2 aromatic heterocycles. The molecule has 0 aliphatic heterocycles. The molecule has 0 fully saturated rings. The van der Waals surface area contributed by atoms with Gasteiger partial charge in [0, 0.05) is 31.1 Å².